The summed E-state index contributed by atoms with van der Waals surface area (Å²) >= 11 is 11.9. The maximum atomic E-state index is 13.3. The lowest BCUT2D eigenvalue weighted by Crippen LogP contribution is -2.44. The largest absolute Gasteiger partial charge is 0.379 e. The van der Waals surface area contributed by atoms with Gasteiger partial charge in [0.15, 0.2) is 0 Å². The minimum absolute atomic E-state index is 0.0349. The molecule has 27 heavy (non-hydrogen) atoms. The summed E-state index contributed by atoms with van der Waals surface area (Å²) in [6, 6.07) is 11.5. The Hall–Kier alpha value is -1.66. The van der Waals surface area contributed by atoms with E-state index >= 15 is 0 Å². The fourth-order valence-electron chi connectivity index (χ4n) is 3.14. The lowest BCUT2D eigenvalue weighted by atomic mass is 10.0. The number of rotatable bonds is 6. The van der Waals surface area contributed by atoms with E-state index in [2.05, 4.69) is 10.2 Å². The molecule has 2 aromatic carbocycles. The minimum atomic E-state index is -0.275. The van der Waals surface area contributed by atoms with Crippen molar-refractivity contribution in [3.05, 3.63) is 69.5 Å². The topological polar surface area (TPSA) is 41.6 Å². The van der Waals surface area contributed by atoms with E-state index in [9.17, 15) is 9.18 Å². The molecule has 1 aliphatic heterocycles. The summed E-state index contributed by atoms with van der Waals surface area (Å²) in [5.41, 5.74) is 1.76. The van der Waals surface area contributed by atoms with E-state index in [-0.39, 0.29) is 24.2 Å². The molecule has 0 aliphatic carbocycles. The molecule has 0 bridgehead atoms. The van der Waals surface area contributed by atoms with Gasteiger partial charge in [0.25, 0.3) is 0 Å². The van der Waals surface area contributed by atoms with E-state index in [1.165, 1.54) is 12.1 Å². The number of ether oxygens (including phenoxy) is 1. The van der Waals surface area contributed by atoms with Gasteiger partial charge >= 0.3 is 0 Å². The smallest absolute Gasteiger partial charge is 0.224 e. The van der Waals surface area contributed by atoms with Crippen molar-refractivity contribution in [2.75, 3.05) is 32.8 Å². The van der Waals surface area contributed by atoms with Gasteiger partial charge in [0.1, 0.15) is 5.82 Å². The summed E-state index contributed by atoms with van der Waals surface area (Å²) in [6.45, 7) is 3.27. The van der Waals surface area contributed by atoms with Crippen LogP contribution >= 0.6 is 23.2 Å². The van der Waals surface area contributed by atoms with Gasteiger partial charge in [-0.2, -0.15) is 0 Å². The number of halogens is 3. The van der Waals surface area contributed by atoms with E-state index < -0.39 is 0 Å². The molecule has 0 aromatic heterocycles. The van der Waals surface area contributed by atoms with Gasteiger partial charge in [-0.05, 0) is 35.4 Å². The molecule has 1 N–H and O–H groups in total. The van der Waals surface area contributed by atoms with E-state index in [4.69, 9.17) is 27.9 Å². The van der Waals surface area contributed by atoms with Crippen molar-refractivity contribution in [2.24, 2.45) is 0 Å². The molecular formula is C20H21Cl2FN2O2. The molecule has 1 aliphatic rings. The van der Waals surface area contributed by atoms with Crippen LogP contribution in [0.25, 0.3) is 0 Å². The second-order valence-electron chi connectivity index (χ2n) is 6.45. The number of carbonyl (C=O) groups is 1. The summed E-state index contributed by atoms with van der Waals surface area (Å²) in [7, 11) is 0. The van der Waals surface area contributed by atoms with Gasteiger partial charge in [0, 0.05) is 19.6 Å². The molecule has 144 valence electrons. The molecule has 4 nitrogen and oxygen atoms in total. The lowest BCUT2D eigenvalue weighted by Gasteiger charge is -2.35. The predicted molar refractivity (Wildman–Crippen MR) is 105 cm³/mol. The number of benzene rings is 2. The van der Waals surface area contributed by atoms with Crippen LogP contribution in [0.1, 0.15) is 17.2 Å². The summed E-state index contributed by atoms with van der Waals surface area (Å²) in [4.78, 5) is 14.6. The van der Waals surface area contributed by atoms with Crippen molar-refractivity contribution in [1.29, 1.82) is 0 Å². The van der Waals surface area contributed by atoms with Gasteiger partial charge in [0.05, 0.1) is 35.7 Å². The number of carbonyl (C=O) groups excluding carboxylic acids is 1. The second kappa shape index (κ2) is 9.51. The quantitative estimate of drug-likeness (QED) is 0.785. The molecule has 0 saturated carbocycles. The Kier molecular flexibility index (Phi) is 7.07. The first-order chi connectivity index (χ1) is 13.0. The Balaban J connectivity index is 1.65. The highest BCUT2D eigenvalue weighted by atomic mass is 35.5. The van der Waals surface area contributed by atoms with Crippen molar-refractivity contribution in [2.45, 2.75) is 12.5 Å². The number of morpholine rings is 1. The van der Waals surface area contributed by atoms with Gasteiger partial charge < -0.3 is 10.1 Å². The molecular weight excluding hydrogens is 390 g/mol. The van der Waals surface area contributed by atoms with E-state index in [0.29, 0.717) is 29.8 Å². The maximum absolute atomic E-state index is 13.3. The average Bonchev–Trinajstić information content (AvgIpc) is 2.67. The number of nitrogens with zero attached hydrogens (tertiary/aromatic N) is 1. The fraction of sp³-hybridized carbons (Fsp3) is 0.350. The van der Waals surface area contributed by atoms with Crippen LogP contribution in [0.2, 0.25) is 10.0 Å². The SMILES string of the molecule is O=C(Cc1ccc(Cl)c(Cl)c1)NCC(c1ccc(F)cc1)N1CCOCC1. The highest BCUT2D eigenvalue weighted by Gasteiger charge is 2.23. The zero-order valence-corrected chi connectivity index (χ0v) is 16.3. The van der Waals surface area contributed by atoms with Crippen LogP contribution in [0.5, 0.6) is 0 Å². The van der Waals surface area contributed by atoms with Crippen molar-refractivity contribution < 1.29 is 13.9 Å². The minimum Gasteiger partial charge on any atom is -0.379 e. The fourth-order valence-corrected chi connectivity index (χ4v) is 3.46. The van der Waals surface area contributed by atoms with Gasteiger partial charge in [-0.1, -0.05) is 41.4 Å². The van der Waals surface area contributed by atoms with Crippen molar-refractivity contribution in [3.8, 4) is 0 Å². The van der Waals surface area contributed by atoms with Crippen LogP contribution in [0.3, 0.4) is 0 Å². The molecule has 2 aromatic rings. The third-order valence-electron chi connectivity index (χ3n) is 4.58. The van der Waals surface area contributed by atoms with E-state index in [1.54, 1.807) is 30.3 Å². The maximum Gasteiger partial charge on any atom is 0.224 e. The first-order valence-electron chi connectivity index (χ1n) is 8.81. The molecule has 0 spiro atoms. The predicted octanol–water partition coefficient (Wildman–Crippen LogP) is 3.86. The highest BCUT2D eigenvalue weighted by Crippen LogP contribution is 2.23. The summed E-state index contributed by atoms with van der Waals surface area (Å²) in [6.07, 6.45) is 0.218. The van der Waals surface area contributed by atoms with E-state index in [1.807, 2.05) is 0 Å². The Labute approximate surface area is 168 Å². The first-order valence-corrected chi connectivity index (χ1v) is 9.56. The molecule has 7 heteroatoms. The highest BCUT2D eigenvalue weighted by molar-refractivity contribution is 6.42. The van der Waals surface area contributed by atoms with Crippen molar-refractivity contribution in [1.82, 2.24) is 10.2 Å². The molecule has 1 heterocycles. The third-order valence-corrected chi connectivity index (χ3v) is 5.32. The first kappa shape index (κ1) is 20.1. The van der Waals surface area contributed by atoms with Crippen molar-refractivity contribution in [3.63, 3.8) is 0 Å². The monoisotopic (exact) mass is 410 g/mol. The van der Waals surface area contributed by atoms with Gasteiger partial charge in [-0.3, -0.25) is 9.69 Å². The summed E-state index contributed by atoms with van der Waals surface area (Å²) in [5.74, 6) is -0.378. The molecule has 1 saturated heterocycles. The number of hydrogen-bond donors (Lipinski definition) is 1. The van der Waals surface area contributed by atoms with Crippen LogP contribution < -0.4 is 5.32 Å². The van der Waals surface area contributed by atoms with Gasteiger partial charge in [0.2, 0.25) is 5.91 Å². The Morgan fingerprint density at radius 2 is 1.81 bits per heavy atom. The standard InChI is InChI=1S/C20H21Cl2FN2O2/c21-17-6-1-14(11-18(17)22)12-20(26)24-13-19(25-7-9-27-10-8-25)15-2-4-16(23)5-3-15/h1-6,11,19H,7-10,12-13H2,(H,24,26). The number of nitrogens with one attached hydrogen (secondary N) is 1. The second-order valence-corrected chi connectivity index (χ2v) is 7.26. The molecule has 1 unspecified atom stereocenters. The number of amides is 1. The summed E-state index contributed by atoms with van der Waals surface area (Å²) in [5, 5.41) is 3.88. The Morgan fingerprint density at radius 1 is 1.11 bits per heavy atom. The van der Waals surface area contributed by atoms with Crippen LogP contribution in [0.15, 0.2) is 42.5 Å². The summed E-state index contributed by atoms with van der Waals surface area (Å²) < 4.78 is 18.7. The third kappa shape index (κ3) is 5.66. The lowest BCUT2D eigenvalue weighted by molar-refractivity contribution is -0.120. The zero-order chi connectivity index (χ0) is 19.2. The molecule has 3 rings (SSSR count). The van der Waals surface area contributed by atoms with Gasteiger partial charge in [-0.25, -0.2) is 4.39 Å². The normalized spacial score (nSPS) is 16.1. The molecule has 1 atom stereocenters. The molecule has 1 amide bonds. The molecule has 1 fully saturated rings. The van der Waals surface area contributed by atoms with E-state index in [0.717, 1.165) is 24.2 Å². The van der Waals surface area contributed by atoms with Crippen LogP contribution in [0, 0.1) is 5.82 Å². The zero-order valence-electron chi connectivity index (χ0n) is 14.8. The van der Waals surface area contributed by atoms with Crippen LogP contribution in [-0.2, 0) is 16.0 Å². The van der Waals surface area contributed by atoms with Crippen molar-refractivity contribution >= 4 is 29.1 Å². The Morgan fingerprint density at radius 3 is 2.48 bits per heavy atom. The Bertz CT molecular complexity index is 780. The van der Waals surface area contributed by atoms with Crippen LogP contribution in [0.4, 0.5) is 4.39 Å². The number of hydrogen-bond acceptors (Lipinski definition) is 3. The molecule has 0 radical (unpaired) electrons. The van der Waals surface area contributed by atoms with Gasteiger partial charge in [-0.15, -0.1) is 0 Å². The van der Waals surface area contributed by atoms with Crippen LogP contribution in [-0.4, -0.2) is 43.7 Å². The average molecular weight is 411 g/mol.